The second-order valence-corrected chi connectivity index (χ2v) is 4.88. The van der Waals surface area contributed by atoms with Crippen molar-refractivity contribution in [2.45, 2.75) is 19.9 Å². The molecule has 5 nitrogen and oxygen atoms in total. The molecular weight excluding hydrogens is 240 g/mol. The van der Waals surface area contributed by atoms with Crippen molar-refractivity contribution in [2.24, 2.45) is 0 Å². The third kappa shape index (κ3) is 2.87. The summed E-state index contributed by atoms with van der Waals surface area (Å²) in [5, 5.41) is 2.98. The van der Waals surface area contributed by atoms with Gasteiger partial charge in [0.05, 0.1) is 5.56 Å². The van der Waals surface area contributed by atoms with Crippen molar-refractivity contribution in [2.75, 3.05) is 38.5 Å². The Labute approximate surface area is 114 Å². The SMILES string of the molecule is CCN1CCN(C(=O)c2cccnc2NC)CC1C. The predicted octanol–water partition coefficient (Wildman–Crippen LogP) is 1.29. The lowest BCUT2D eigenvalue weighted by Crippen LogP contribution is -2.53. The van der Waals surface area contributed by atoms with E-state index < -0.39 is 0 Å². The van der Waals surface area contributed by atoms with Gasteiger partial charge in [-0.15, -0.1) is 0 Å². The van der Waals surface area contributed by atoms with Crippen LogP contribution in [-0.2, 0) is 0 Å². The number of hydrogen-bond acceptors (Lipinski definition) is 4. The van der Waals surface area contributed by atoms with Gasteiger partial charge < -0.3 is 10.2 Å². The molecule has 1 fully saturated rings. The van der Waals surface area contributed by atoms with Gasteiger partial charge in [-0.2, -0.15) is 0 Å². The van der Waals surface area contributed by atoms with Gasteiger partial charge in [0.2, 0.25) is 0 Å². The third-order valence-electron chi connectivity index (χ3n) is 3.73. The molecule has 1 atom stereocenters. The van der Waals surface area contributed by atoms with Crippen molar-refractivity contribution in [1.29, 1.82) is 0 Å². The molecule has 2 rings (SSSR count). The van der Waals surface area contributed by atoms with Crippen molar-refractivity contribution >= 4 is 11.7 Å². The zero-order valence-corrected chi connectivity index (χ0v) is 11.9. The summed E-state index contributed by atoms with van der Waals surface area (Å²) in [6.45, 7) is 7.88. The smallest absolute Gasteiger partial charge is 0.257 e. The highest BCUT2D eigenvalue weighted by Crippen LogP contribution is 2.17. The molecule has 0 spiro atoms. The van der Waals surface area contributed by atoms with Crippen LogP contribution in [0.25, 0.3) is 0 Å². The number of piperazine rings is 1. The number of pyridine rings is 1. The molecule has 0 radical (unpaired) electrons. The summed E-state index contributed by atoms with van der Waals surface area (Å²) in [6, 6.07) is 4.05. The molecule has 0 aromatic carbocycles. The summed E-state index contributed by atoms with van der Waals surface area (Å²) < 4.78 is 0. The van der Waals surface area contributed by atoms with Crippen molar-refractivity contribution < 1.29 is 4.79 Å². The van der Waals surface area contributed by atoms with E-state index in [-0.39, 0.29) is 5.91 Å². The Hall–Kier alpha value is -1.62. The topological polar surface area (TPSA) is 48.5 Å². The number of hydrogen-bond donors (Lipinski definition) is 1. The summed E-state index contributed by atoms with van der Waals surface area (Å²) in [5.74, 6) is 0.720. The molecule has 1 amide bonds. The first-order valence-electron chi connectivity index (χ1n) is 6.83. The highest BCUT2D eigenvalue weighted by molar-refractivity contribution is 5.98. The minimum absolute atomic E-state index is 0.0695. The third-order valence-corrected chi connectivity index (χ3v) is 3.73. The normalized spacial score (nSPS) is 20.4. The van der Waals surface area contributed by atoms with Crippen LogP contribution in [0.4, 0.5) is 5.82 Å². The molecule has 0 aliphatic carbocycles. The zero-order valence-electron chi connectivity index (χ0n) is 11.9. The van der Waals surface area contributed by atoms with Gasteiger partial charge in [0.1, 0.15) is 5.82 Å². The molecule has 1 aliphatic heterocycles. The van der Waals surface area contributed by atoms with Crippen molar-refractivity contribution in [3.8, 4) is 0 Å². The van der Waals surface area contributed by atoms with Crippen LogP contribution in [0.15, 0.2) is 18.3 Å². The standard InChI is InChI=1S/C14H22N4O/c1-4-17-8-9-18(10-11(17)2)14(19)12-6-5-7-16-13(12)15-3/h5-7,11H,4,8-10H2,1-3H3,(H,15,16). The fourth-order valence-corrected chi connectivity index (χ4v) is 2.60. The quantitative estimate of drug-likeness (QED) is 0.891. The van der Waals surface area contributed by atoms with Gasteiger partial charge in [-0.25, -0.2) is 4.98 Å². The molecule has 104 valence electrons. The van der Waals surface area contributed by atoms with E-state index in [2.05, 4.69) is 29.0 Å². The van der Waals surface area contributed by atoms with Crippen molar-refractivity contribution in [3.63, 3.8) is 0 Å². The van der Waals surface area contributed by atoms with E-state index in [4.69, 9.17) is 0 Å². The number of rotatable bonds is 3. The van der Waals surface area contributed by atoms with Crippen LogP contribution in [-0.4, -0.2) is 60.0 Å². The summed E-state index contributed by atoms with van der Waals surface area (Å²) in [4.78, 5) is 21.1. The van der Waals surface area contributed by atoms with Gasteiger partial charge in [0.25, 0.3) is 5.91 Å². The molecule has 2 heterocycles. The van der Waals surface area contributed by atoms with Crippen LogP contribution in [0, 0.1) is 0 Å². The van der Waals surface area contributed by atoms with E-state index in [1.807, 2.05) is 11.0 Å². The zero-order chi connectivity index (χ0) is 13.8. The van der Waals surface area contributed by atoms with Gasteiger partial charge >= 0.3 is 0 Å². The first kappa shape index (κ1) is 13.8. The number of amides is 1. The van der Waals surface area contributed by atoms with Gasteiger partial charge in [-0.05, 0) is 25.6 Å². The van der Waals surface area contributed by atoms with E-state index in [1.54, 1.807) is 19.3 Å². The Kier molecular flexibility index (Phi) is 4.37. The van der Waals surface area contributed by atoms with Gasteiger partial charge in [-0.3, -0.25) is 9.69 Å². The lowest BCUT2D eigenvalue weighted by atomic mass is 10.1. The van der Waals surface area contributed by atoms with E-state index in [0.717, 1.165) is 26.2 Å². The number of nitrogens with one attached hydrogen (secondary N) is 1. The Bertz CT molecular complexity index is 449. The summed E-state index contributed by atoms with van der Waals surface area (Å²) in [5.41, 5.74) is 0.655. The minimum Gasteiger partial charge on any atom is -0.372 e. The fourth-order valence-electron chi connectivity index (χ4n) is 2.60. The molecule has 5 heteroatoms. The van der Waals surface area contributed by atoms with Crippen LogP contribution in [0.2, 0.25) is 0 Å². The lowest BCUT2D eigenvalue weighted by molar-refractivity contribution is 0.0529. The molecule has 1 unspecified atom stereocenters. The van der Waals surface area contributed by atoms with Gasteiger partial charge in [0, 0.05) is 38.9 Å². The number of nitrogens with zero attached hydrogens (tertiary/aromatic N) is 3. The minimum atomic E-state index is 0.0695. The summed E-state index contributed by atoms with van der Waals surface area (Å²) in [6.07, 6.45) is 1.69. The Morgan fingerprint density at radius 2 is 2.32 bits per heavy atom. The Morgan fingerprint density at radius 1 is 1.53 bits per heavy atom. The molecule has 1 aliphatic rings. The Morgan fingerprint density at radius 3 is 2.95 bits per heavy atom. The maximum atomic E-state index is 12.5. The second kappa shape index (κ2) is 6.02. The fraction of sp³-hybridized carbons (Fsp3) is 0.571. The van der Waals surface area contributed by atoms with E-state index in [9.17, 15) is 4.79 Å². The molecule has 0 bridgehead atoms. The van der Waals surface area contributed by atoms with Crippen molar-refractivity contribution in [3.05, 3.63) is 23.9 Å². The number of anilines is 1. The largest absolute Gasteiger partial charge is 0.372 e. The van der Waals surface area contributed by atoms with Gasteiger partial charge in [-0.1, -0.05) is 6.92 Å². The number of carbonyl (C=O) groups excluding carboxylic acids is 1. The molecule has 1 aromatic rings. The monoisotopic (exact) mass is 262 g/mol. The number of likely N-dealkylation sites (N-methyl/N-ethyl adjacent to an activating group) is 1. The molecule has 0 saturated carbocycles. The molecule has 1 N–H and O–H groups in total. The predicted molar refractivity (Wildman–Crippen MR) is 76.4 cm³/mol. The molecular formula is C14H22N4O. The number of aromatic nitrogens is 1. The molecule has 19 heavy (non-hydrogen) atoms. The van der Waals surface area contributed by atoms with Crippen LogP contribution in [0.3, 0.4) is 0 Å². The van der Waals surface area contributed by atoms with Crippen LogP contribution in [0.1, 0.15) is 24.2 Å². The average Bonchev–Trinajstić information content (AvgIpc) is 2.46. The maximum Gasteiger partial charge on any atom is 0.257 e. The van der Waals surface area contributed by atoms with Crippen LogP contribution >= 0.6 is 0 Å². The molecule has 1 saturated heterocycles. The van der Waals surface area contributed by atoms with E-state index in [1.165, 1.54) is 0 Å². The van der Waals surface area contributed by atoms with E-state index >= 15 is 0 Å². The highest BCUT2D eigenvalue weighted by Gasteiger charge is 2.27. The van der Waals surface area contributed by atoms with Gasteiger partial charge in [0.15, 0.2) is 0 Å². The lowest BCUT2D eigenvalue weighted by Gasteiger charge is -2.39. The second-order valence-electron chi connectivity index (χ2n) is 4.88. The Balaban J connectivity index is 2.12. The summed E-state index contributed by atoms with van der Waals surface area (Å²) >= 11 is 0. The van der Waals surface area contributed by atoms with Crippen LogP contribution in [0.5, 0.6) is 0 Å². The first-order chi connectivity index (χ1) is 9.17. The molecule has 1 aromatic heterocycles. The first-order valence-corrected chi connectivity index (χ1v) is 6.83. The average molecular weight is 262 g/mol. The maximum absolute atomic E-state index is 12.5. The highest BCUT2D eigenvalue weighted by atomic mass is 16.2. The van der Waals surface area contributed by atoms with Crippen LogP contribution < -0.4 is 5.32 Å². The number of carbonyl (C=O) groups is 1. The summed E-state index contributed by atoms with van der Waals surface area (Å²) in [7, 11) is 1.79. The van der Waals surface area contributed by atoms with Crippen molar-refractivity contribution in [1.82, 2.24) is 14.8 Å². The van der Waals surface area contributed by atoms with E-state index in [0.29, 0.717) is 17.4 Å².